The summed E-state index contributed by atoms with van der Waals surface area (Å²) >= 11 is 0. The number of anilines is 2. The average Bonchev–Trinajstić information content (AvgIpc) is 2.37. The summed E-state index contributed by atoms with van der Waals surface area (Å²) in [6, 6.07) is 7.87. The van der Waals surface area contributed by atoms with Gasteiger partial charge >= 0.3 is 6.18 Å². The van der Waals surface area contributed by atoms with Crippen molar-refractivity contribution in [3.05, 3.63) is 47.3 Å². The van der Waals surface area contributed by atoms with Gasteiger partial charge in [0.1, 0.15) is 11.8 Å². The van der Waals surface area contributed by atoms with Gasteiger partial charge in [0, 0.05) is 11.4 Å². The Morgan fingerprint density at radius 3 is 2.35 bits per heavy atom. The van der Waals surface area contributed by atoms with Crippen LogP contribution in [0.1, 0.15) is 17.0 Å². The third-order valence-electron chi connectivity index (χ3n) is 2.44. The summed E-state index contributed by atoms with van der Waals surface area (Å²) in [5, 5.41) is 11.5. The maximum absolute atomic E-state index is 12.4. The second-order valence-electron chi connectivity index (χ2n) is 4.03. The van der Waals surface area contributed by atoms with Crippen LogP contribution in [-0.2, 0) is 6.18 Å². The molecule has 0 aliphatic heterocycles. The van der Waals surface area contributed by atoms with Crippen LogP contribution in [0, 0.1) is 18.3 Å². The Morgan fingerprint density at radius 1 is 1.15 bits per heavy atom. The fourth-order valence-corrected chi connectivity index (χ4v) is 1.55. The molecule has 4 nitrogen and oxygen atoms in total. The van der Waals surface area contributed by atoms with Gasteiger partial charge in [-0.1, -0.05) is 0 Å². The van der Waals surface area contributed by atoms with Crippen molar-refractivity contribution < 1.29 is 13.2 Å². The largest absolute Gasteiger partial charge is 0.416 e. The first kappa shape index (κ1) is 13.8. The summed E-state index contributed by atoms with van der Waals surface area (Å²) in [7, 11) is 0. The van der Waals surface area contributed by atoms with Crippen LogP contribution in [0.4, 0.5) is 24.8 Å². The number of alkyl halides is 3. The van der Waals surface area contributed by atoms with E-state index in [9.17, 15) is 13.2 Å². The van der Waals surface area contributed by atoms with Gasteiger partial charge in [-0.3, -0.25) is 0 Å². The summed E-state index contributed by atoms with van der Waals surface area (Å²) in [4.78, 5) is 7.97. The van der Waals surface area contributed by atoms with Crippen LogP contribution in [0.5, 0.6) is 0 Å². The first-order valence-electron chi connectivity index (χ1n) is 5.58. The van der Waals surface area contributed by atoms with E-state index < -0.39 is 11.7 Å². The zero-order valence-electron chi connectivity index (χ0n) is 10.4. The van der Waals surface area contributed by atoms with E-state index in [2.05, 4.69) is 15.3 Å². The number of aryl methyl sites for hydroxylation is 1. The van der Waals surface area contributed by atoms with E-state index in [1.807, 2.05) is 6.07 Å². The Hall–Kier alpha value is -2.62. The molecule has 7 heteroatoms. The van der Waals surface area contributed by atoms with Crippen molar-refractivity contribution in [2.75, 3.05) is 5.32 Å². The summed E-state index contributed by atoms with van der Waals surface area (Å²) in [6.07, 6.45) is -4.37. The number of rotatable bonds is 2. The topological polar surface area (TPSA) is 61.6 Å². The van der Waals surface area contributed by atoms with E-state index in [4.69, 9.17) is 5.26 Å². The minimum Gasteiger partial charge on any atom is -0.324 e. The number of hydrogen-bond donors (Lipinski definition) is 1. The first-order valence-corrected chi connectivity index (χ1v) is 5.58. The lowest BCUT2D eigenvalue weighted by Gasteiger charge is -2.09. The summed E-state index contributed by atoms with van der Waals surface area (Å²) < 4.78 is 37.3. The number of nitriles is 1. The highest BCUT2D eigenvalue weighted by atomic mass is 19.4. The van der Waals surface area contributed by atoms with Crippen LogP contribution in [-0.4, -0.2) is 9.97 Å². The molecule has 0 radical (unpaired) electrons. The molecule has 0 atom stereocenters. The zero-order chi connectivity index (χ0) is 14.8. The summed E-state index contributed by atoms with van der Waals surface area (Å²) in [6.45, 7) is 1.69. The van der Waals surface area contributed by atoms with Gasteiger partial charge < -0.3 is 5.32 Å². The SMILES string of the molecule is Cc1cc(C#N)nc(Nc2ccc(C(F)(F)F)cc2)n1. The number of nitrogens with one attached hydrogen (secondary N) is 1. The molecule has 0 fully saturated rings. The van der Waals surface area contributed by atoms with E-state index >= 15 is 0 Å². The van der Waals surface area contributed by atoms with Gasteiger partial charge in [-0.15, -0.1) is 0 Å². The molecule has 1 heterocycles. The fraction of sp³-hybridized carbons (Fsp3) is 0.154. The molecule has 0 unspecified atom stereocenters. The molecule has 0 amide bonds. The third kappa shape index (κ3) is 3.23. The molecule has 20 heavy (non-hydrogen) atoms. The monoisotopic (exact) mass is 278 g/mol. The highest BCUT2D eigenvalue weighted by molar-refractivity contribution is 5.54. The Bertz CT molecular complexity index is 657. The van der Waals surface area contributed by atoms with E-state index in [-0.39, 0.29) is 11.6 Å². The lowest BCUT2D eigenvalue weighted by atomic mass is 10.2. The van der Waals surface area contributed by atoms with Crippen molar-refractivity contribution in [2.24, 2.45) is 0 Å². The molecule has 102 valence electrons. The Labute approximate surface area is 112 Å². The first-order chi connectivity index (χ1) is 9.38. The van der Waals surface area contributed by atoms with Crippen molar-refractivity contribution in [3.8, 4) is 6.07 Å². The molecular formula is C13H9F3N4. The quantitative estimate of drug-likeness (QED) is 0.914. The van der Waals surface area contributed by atoms with Crippen molar-refractivity contribution >= 4 is 11.6 Å². The van der Waals surface area contributed by atoms with Gasteiger partial charge in [-0.2, -0.15) is 18.4 Å². The minimum absolute atomic E-state index is 0.168. The number of hydrogen-bond acceptors (Lipinski definition) is 4. The Balaban J connectivity index is 2.23. The van der Waals surface area contributed by atoms with Crippen LogP contribution >= 0.6 is 0 Å². The molecular weight excluding hydrogens is 269 g/mol. The highest BCUT2D eigenvalue weighted by Crippen LogP contribution is 2.30. The van der Waals surface area contributed by atoms with Crippen LogP contribution < -0.4 is 5.32 Å². The molecule has 0 aliphatic carbocycles. The highest BCUT2D eigenvalue weighted by Gasteiger charge is 2.29. The Kier molecular flexibility index (Phi) is 3.57. The van der Waals surface area contributed by atoms with Gasteiger partial charge in [0.2, 0.25) is 5.95 Å². The van der Waals surface area contributed by atoms with Gasteiger partial charge in [-0.05, 0) is 37.3 Å². The summed E-state index contributed by atoms with van der Waals surface area (Å²) in [5.74, 6) is 0.168. The molecule has 0 saturated heterocycles. The van der Waals surface area contributed by atoms with Crippen LogP contribution in [0.3, 0.4) is 0 Å². The Morgan fingerprint density at radius 2 is 1.80 bits per heavy atom. The van der Waals surface area contributed by atoms with Crippen LogP contribution in [0.2, 0.25) is 0 Å². The average molecular weight is 278 g/mol. The second kappa shape index (κ2) is 5.17. The molecule has 2 rings (SSSR count). The van der Waals surface area contributed by atoms with Crippen LogP contribution in [0.15, 0.2) is 30.3 Å². The number of benzene rings is 1. The lowest BCUT2D eigenvalue weighted by molar-refractivity contribution is -0.137. The van der Waals surface area contributed by atoms with Gasteiger partial charge in [0.05, 0.1) is 5.56 Å². The normalized spacial score (nSPS) is 10.9. The molecule has 1 aromatic carbocycles. The molecule has 2 aromatic rings. The maximum atomic E-state index is 12.4. The lowest BCUT2D eigenvalue weighted by Crippen LogP contribution is -2.05. The molecule has 0 bridgehead atoms. The smallest absolute Gasteiger partial charge is 0.324 e. The van der Waals surface area contributed by atoms with E-state index in [0.29, 0.717) is 11.4 Å². The number of aromatic nitrogens is 2. The predicted octanol–water partition coefficient (Wildman–Crippen LogP) is 3.42. The van der Waals surface area contributed by atoms with E-state index in [0.717, 1.165) is 12.1 Å². The molecule has 0 aliphatic rings. The maximum Gasteiger partial charge on any atom is 0.416 e. The van der Waals surface area contributed by atoms with Gasteiger partial charge in [0.25, 0.3) is 0 Å². The van der Waals surface area contributed by atoms with Gasteiger partial charge in [0.15, 0.2) is 0 Å². The van der Waals surface area contributed by atoms with E-state index in [1.165, 1.54) is 18.2 Å². The fourth-order valence-electron chi connectivity index (χ4n) is 1.55. The molecule has 1 N–H and O–H groups in total. The van der Waals surface area contributed by atoms with Crippen molar-refractivity contribution in [1.29, 1.82) is 5.26 Å². The second-order valence-corrected chi connectivity index (χ2v) is 4.03. The van der Waals surface area contributed by atoms with E-state index in [1.54, 1.807) is 6.92 Å². The number of halogens is 3. The van der Waals surface area contributed by atoms with Crippen molar-refractivity contribution in [1.82, 2.24) is 9.97 Å². The standard InChI is InChI=1S/C13H9F3N4/c1-8-6-11(7-17)20-12(18-8)19-10-4-2-9(3-5-10)13(14,15)16/h2-6H,1H3,(H,18,19,20). The van der Waals surface area contributed by atoms with Crippen molar-refractivity contribution in [2.45, 2.75) is 13.1 Å². The van der Waals surface area contributed by atoms with Crippen molar-refractivity contribution in [3.63, 3.8) is 0 Å². The molecule has 0 spiro atoms. The van der Waals surface area contributed by atoms with Gasteiger partial charge in [-0.25, -0.2) is 9.97 Å². The minimum atomic E-state index is -4.37. The third-order valence-corrected chi connectivity index (χ3v) is 2.44. The number of nitrogens with zero attached hydrogens (tertiary/aromatic N) is 3. The van der Waals surface area contributed by atoms with Crippen LogP contribution in [0.25, 0.3) is 0 Å². The molecule has 1 aromatic heterocycles. The summed E-state index contributed by atoms with van der Waals surface area (Å²) in [5.41, 5.74) is 0.455. The molecule has 0 saturated carbocycles. The predicted molar refractivity (Wildman–Crippen MR) is 66.2 cm³/mol. The zero-order valence-corrected chi connectivity index (χ0v) is 10.4.